The largest absolute Gasteiger partial charge is 0.316 e. The van der Waals surface area contributed by atoms with Crippen LogP contribution in [0.2, 0.25) is 0 Å². The van der Waals surface area contributed by atoms with Gasteiger partial charge in [-0.15, -0.1) is 0 Å². The van der Waals surface area contributed by atoms with Crippen LogP contribution in [0.25, 0.3) is 11.0 Å². The third-order valence-electron chi connectivity index (χ3n) is 5.39. The molecule has 0 unspecified atom stereocenters. The first-order chi connectivity index (χ1) is 12.4. The molecule has 0 spiro atoms. The van der Waals surface area contributed by atoms with E-state index in [1.807, 2.05) is 6.92 Å². The van der Waals surface area contributed by atoms with E-state index in [-0.39, 0.29) is 4.90 Å². The van der Waals surface area contributed by atoms with Crippen molar-refractivity contribution in [2.24, 2.45) is 0 Å². The van der Waals surface area contributed by atoms with E-state index in [4.69, 9.17) is 0 Å². The Morgan fingerprint density at radius 2 is 1.73 bits per heavy atom. The van der Waals surface area contributed by atoms with Crippen molar-refractivity contribution in [2.45, 2.75) is 37.6 Å². The first kappa shape index (κ1) is 17.4. The van der Waals surface area contributed by atoms with Crippen LogP contribution in [0.3, 0.4) is 0 Å². The Morgan fingerprint density at radius 1 is 1.04 bits per heavy atom. The Kier molecular flexibility index (Phi) is 4.25. The van der Waals surface area contributed by atoms with Gasteiger partial charge in [0.15, 0.2) is 0 Å². The van der Waals surface area contributed by atoms with Gasteiger partial charge >= 0.3 is 11.1 Å². The monoisotopic (exact) mass is 378 g/mol. The molecule has 0 radical (unpaired) electrons. The second-order valence-corrected chi connectivity index (χ2v) is 8.80. The highest BCUT2D eigenvalue weighted by Gasteiger charge is 2.33. The first-order valence-electron chi connectivity index (χ1n) is 8.95. The predicted octanol–water partition coefficient (Wildman–Crippen LogP) is 0.379. The van der Waals surface area contributed by atoms with E-state index in [2.05, 4.69) is 14.9 Å². The highest BCUT2D eigenvalue weighted by molar-refractivity contribution is 7.89. The molecule has 1 aromatic carbocycles. The number of sulfonamides is 1. The molecule has 0 saturated carbocycles. The maximum Gasteiger partial charge on any atom is 0.314 e. The summed E-state index contributed by atoms with van der Waals surface area (Å²) in [5.41, 5.74) is 0.982. The second kappa shape index (κ2) is 6.33. The molecule has 0 bridgehead atoms. The molecule has 1 aromatic heterocycles. The molecule has 2 N–H and O–H groups in total. The number of nitrogens with one attached hydrogen (secondary N) is 2. The topological polar surface area (TPSA) is 106 Å². The first-order valence-corrected chi connectivity index (χ1v) is 10.4. The summed E-state index contributed by atoms with van der Waals surface area (Å²) in [6.07, 6.45) is 2.35. The zero-order chi connectivity index (χ0) is 18.5. The lowest BCUT2D eigenvalue weighted by molar-refractivity contribution is 0.265. The van der Waals surface area contributed by atoms with Gasteiger partial charge in [0.05, 0.1) is 15.9 Å². The summed E-state index contributed by atoms with van der Waals surface area (Å²) in [4.78, 5) is 31.2. The second-order valence-electron chi connectivity index (χ2n) is 6.89. The van der Waals surface area contributed by atoms with Crippen LogP contribution < -0.4 is 11.1 Å². The Labute approximate surface area is 150 Å². The number of H-pyrrole nitrogens is 2. The Hall–Kier alpha value is -1.97. The van der Waals surface area contributed by atoms with Gasteiger partial charge in [0.2, 0.25) is 10.0 Å². The fraction of sp³-hybridized carbons (Fsp3) is 0.529. The van der Waals surface area contributed by atoms with Crippen LogP contribution in [0.1, 0.15) is 30.9 Å². The molecule has 8 nitrogen and oxygen atoms in total. The zero-order valence-electron chi connectivity index (χ0n) is 14.7. The molecule has 0 atom stereocenters. The molecule has 0 aliphatic carbocycles. The SMILES string of the molecule is CCN1CCc2c(c(S(=O)(=O)N3CCCC3)cc3[nH]c(=O)c(=O)[nH]c23)C1. The molecule has 0 amide bonds. The molecule has 140 valence electrons. The fourth-order valence-corrected chi connectivity index (χ4v) is 5.72. The van der Waals surface area contributed by atoms with Gasteiger partial charge in [0.1, 0.15) is 0 Å². The summed E-state index contributed by atoms with van der Waals surface area (Å²) in [5, 5.41) is 0. The molecule has 1 saturated heterocycles. The molecule has 2 aromatic rings. The van der Waals surface area contributed by atoms with Crippen molar-refractivity contribution < 1.29 is 8.42 Å². The van der Waals surface area contributed by atoms with Crippen molar-refractivity contribution in [1.29, 1.82) is 0 Å². The molecule has 4 rings (SSSR count). The van der Waals surface area contributed by atoms with E-state index in [9.17, 15) is 18.0 Å². The minimum atomic E-state index is -3.63. The maximum atomic E-state index is 13.2. The number of aromatic amines is 2. The van der Waals surface area contributed by atoms with Crippen molar-refractivity contribution in [2.75, 3.05) is 26.2 Å². The molecule has 26 heavy (non-hydrogen) atoms. The molecule has 2 aliphatic heterocycles. The lowest BCUT2D eigenvalue weighted by Gasteiger charge is -2.30. The van der Waals surface area contributed by atoms with Crippen molar-refractivity contribution in [3.8, 4) is 0 Å². The van der Waals surface area contributed by atoms with E-state index < -0.39 is 21.1 Å². The Bertz CT molecular complexity index is 1080. The highest BCUT2D eigenvalue weighted by atomic mass is 32.2. The van der Waals surface area contributed by atoms with E-state index in [1.54, 1.807) is 0 Å². The lowest BCUT2D eigenvalue weighted by Crippen LogP contribution is -2.35. The van der Waals surface area contributed by atoms with Gasteiger partial charge in [0, 0.05) is 26.2 Å². The van der Waals surface area contributed by atoms with Gasteiger partial charge in [-0.3, -0.25) is 14.5 Å². The number of aromatic nitrogens is 2. The molecule has 2 aliphatic rings. The molecule has 9 heteroatoms. The van der Waals surface area contributed by atoms with Gasteiger partial charge in [-0.1, -0.05) is 6.92 Å². The number of rotatable bonds is 3. The van der Waals surface area contributed by atoms with Gasteiger partial charge < -0.3 is 9.97 Å². The molecule has 3 heterocycles. The number of fused-ring (bicyclic) bond motifs is 3. The smallest absolute Gasteiger partial charge is 0.314 e. The zero-order valence-corrected chi connectivity index (χ0v) is 15.5. The van der Waals surface area contributed by atoms with Gasteiger partial charge in [-0.05, 0) is 43.0 Å². The van der Waals surface area contributed by atoms with E-state index >= 15 is 0 Å². The number of hydrogen-bond donors (Lipinski definition) is 2. The average molecular weight is 378 g/mol. The summed E-state index contributed by atoms with van der Waals surface area (Å²) in [6.45, 7) is 5.21. The number of likely N-dealkylation sites (N-methyl/N-ethyl adjacent to an activating group) is 1. The summed E-state index contributed by atoms with van der Waals surface area (Å²) in [7, 11) is -3.63. The minimum absolute atomic E-state index is 0.253. The number of hydrogen-bond acceptors (Lipinski definition) is 5. The van der Waals surface area contributed by atoms with E-state index in [0.29, 0.717) is 37.1 Å². The summed E-state index contributed by atoms with van der Waals surface area (Å²) in [5.74, 6) is 0. The quantitative estimate of drug-likeness (QED) is 0.751. The summed E-state index contributed by atoms with van der Waals surface area (Å²) < 4.78 is 28.0. The highest BCUT2D eigenvalue weighted by Crippen LogP contribution is 2.33. The van der Waals surface area contributed by atoms with E-state index in [1.165, 1.54) is 10.4 Å². The summed E-state index contributed by atoms with van der Waals surface area (Å²) in [6, 6.07) is 1.51. The lowest BCUT2D eigenvalue weighted by atomic mass is 9.97. The third-order valence-corrected chi connectivity index (χ3v) is 7.36. The minimum Gasteiger partial charge on any atom is -0.316 e. The number of benzene rings is 1. The van der Waals surface area contributed by atoms with Crippen LogP contribution >= 0.6 is 0 Å². The fourth-order valence-electron chi connectivity index (χ4n) is 3.93. The Morgan fingerprint density at radius 3 is 2.42 bits per heavy atom. The summed E-state index contributed by atoms with van der Waals surface area (Å²) >= 11 is 0. The van der Waals surface area contributed by atoms with Crippen LogP contribution in [-0.2, 0) is 23.0 Å². The standard InChI is InChI=1S/C17H22N4O4S/c1-2-20-8-5-11-12(10-20)14(26(24,25)21-6-3-4-7-21)9-13-15(11)19-17(23)16(22)18-13/h9H,2-8,10H2,1H3,(H,18,22)(H,19,23). The van der Waals surface area contributed by atoms with Crippen LogP contribution in [0.15, 0.2) is 20.6 Å². The van der Waals surface area contributed by atoms with Crippen molar-refractivity contribution in [3.05, 3.63) is 37.9 Å². The number of nitrogens with zero attached hydrogens (tertiary/aromatic N) is 2. The average Bonchev–Trinajstić information content (AvgIpc) is 3.17. The predicted molar refractivity (Wildman–Crippen MR) is 97.8 cm³/mol. The van der Waals surface area contributed by atoms with Crippen LogP contribution in [0.4, 0.5) is 0 Å². The van der Waals surface area contributed by atoms with Gasteiger partial charge in [0.25, 0.3) is 0 Å². The molecular formula is C17H22N4O4S. The van der Waals surface area contributed by atoms with Crippen LogP contribution in [0, 0.1) is 0 Å². The third kappa shape index (κ3) is 2.70. The van der Waals surface area contributed by atoms with Crippen molar-refractivity contribution in [1.82, 2.24) is 19.2 Å². The van der Waals surface area contributed by atoms with Gasteiger partial charge in [-0.25, -0.2) is 8.42 Å². The molecule has 1 fully saturated rings. The van der Waals surface area contributed by atoms with Crippen molar-refractivity contribution in [3.63, 3.8) is 0 Å². The van der Waals surface area contributed by atoms with Crippen LogP contribution in [-0.4, -0.2) is 53.8 Å². The van der Waals surface area contributed by atoms with Gasteiger partial charge in [-0.2, -0.15) is 4.31 Å². The Balaban J connectivity index is 2.01. The van der Waals surface area contributed by atoms with E-state index in [0.717, 1.165) is 37.1 Å². The molecular weight excluding hydrogens is 356 g/mol. The van der Waals surface area contributed by atoms with Crippen LogP contribution in [0.5, 0.6) is 0 Å². The maximum absolute atomic E-state index is 13.2. The normalized spacial score (nSPS) is 19.1. The van der Waals surface area contributed by atoms with Crippen molar-refractivity contribution >= 4 is 21.1 Å².